The van der Waals surface area contributed by atoms with Gasteiger partial charge in [0.05, 0.1) is 19.3 Å². The maximum Gasteiger partial charge on any atom is 0.290 e. The summed E-state index contributed by atoms with van der Waals surface area (Å²) < 4.78 is 7.20. The Labute approximate surface area is 115 Å². The zero-order chi connectivity index (χ0) is 14.4. The number of carboxylic acid groups (broad SMARTS) is 1. The standard InChI is InChI=1S/C12H13N3O2.CH2O2/c16-11-8-17-7-10(11)15-6-5-14-12(15)9-3-1-2-4-13-9;2-1-3/h1-6,10-11,16H,7-8H2;1H,(H,2,3)/t10-,11+;/m0./s1. The van der Waals surface area contributed by atoms with Crippen LogP contribution < -0.4 is 0 Å². The number of hydrogen-bond donors (Lipinski definition) is 2. The summed E-state index contributed by atoms with van der Waals surface area (Å²) in [6.45, 7) is 0.641. The predicted molar refractivity (Wildman–Crippen MR) is 70.0 cm³/mol. The van der Waals surface area contributed by atoms with E-state index in [1.165, 1.54) is 0 Å². The molecule has 1 saturated heterocycles. The first-order valence-corrected chi connectivity index (χ1v) is 6.05. The molecule has 0 radical (unpaired) electrons. The van der Waals surface area contributed by atoms with E-state index in [2.05, 4.69) is 9.97 Å². The first-order chi connectivity index (χ1) is 9.77. The van der Waals surface area contributed by atoms with Gasteiger partial charge in [-0.1, -0.05) is 6.07 Å². The van der Waals surface area contributed by atoms with Crippen LogP contribution in [-0.2, 0) is 9.53 Å². The van der Waals surface area contributed by atoms with Crippen LogP contribution >= 0.6 is 0 Å². The smallest absolute Gasteiger partial charge is 0.290 e. The Morgan fingerprint density at radius 2 is 2.10 bits per heavy atom. The van der Waals surface area contributed by atoms with Crippen LogP contribution in [0.15, 0.2) is 36.8 Å². The average Bonchev–Trinajstić information content (AvgIpc) is 3.08. The van der Waals surface area contributed by atoms with E-state index in [4.69, 9.17) is 14.6 Å². The molecule has 20 heavy (non-hydrogen) atoms. The maximum absolute atomic E-state index is 9.84. The van der Waals surface area contributed by atoms with Crippen molar-refractivity contribution in [3.8, 4) is 11.5 Å². The molecule has 3 rings (SSSR count). The lowest BCUT2D eigenvalue weighted by Gasteiger charge is -2.16. The minimum atomic E-state index is -0.480. The second-order valence-electron chi connectivity index (χ2n) is 4.15. The van der Waals surface area contributed by atoms with Gasteiger partial charge in [0.2, 0.25) is 0 Å². The molecular weight excluding hydrogens is 262 g/mol. The van der Waals surface area contributed by atoms with Crippen molar-refractivity contribution in [1.29, 1.82) is 0 Å². The van der Waals surface area contributed by atoms with Crippen molar-refractivity contribution < 1.29 is 19.7 Å². The summed E-state index contributed by atoms with van der Waals surface area (Å²) in [6, 6.07) is 5.61. The highest BCUT2D eigenvalue weighted by Gasteiger charge is 2.29. The number of ether oxygens (including phenoxy) is 1. The number of aliphatic hydroxyl groups excluding tert-OH is 1. The molecule has 1 aliphatic heterocycles. The third kappa shape index (κ3) is 3.01. The fraction of sp³-hybridized carbons (Fsp3) is 0.308. The van der Waals surface area contributed by atoms with Gasteiger partial charge in [0.25, 0.3) is 6.47 Å². The van der Waals surface area contributed by atoms with E-state index in [1.807, 2.05) is 29.0 Å². The molecule has 2 atom stereocenters. The molecule has 0 unspecified atom stereocenters. The van der Waals surface area contributed by atoms with E-state index >= 15 is 0 Å². The van der Waals surface area contributed by atoms with Crippen LogP contribution in [0.4, 0.5) is 0 Å². The van der Waals surface area contributed by atoms with Crippen molar-refractivity contribution >= 4 is 6.47 Å². The lowest BCUT2D eigenvalue weighted by atomic mass is 10.2. The monoisotopic (exact) mass is 277 g/mol. The van der Waals surface area contributed by atoms with Crippen molar-refractivity contribution in [3.05, 3.63) is 36.8 Å². The summed E-state index contributed by atoms with van der Waals surface area (Å²) in [4.78, 5) is 16.9. The molecule has 1 fully saturated rings. The molecule has 7 nitrogen and oxygen atoms in total. The fourth-order valence-corrected chi connectivity index (χ4v) is 2.07. The number of aliphatic hydroxyl groups is 1. The Balaban J connectivity index is 0.000000452. The highest BCUT2D eigenvalue weighted by molar-refractivity contribution is 5.49. The summed E-state index contributed by atoms with van der Waals surface area (Å²) in [7, 11) is 0. The van der Waals surface area contributed by atoms with Gasteiger partial charge in [-0.3, -0.25) is 9.78 Å². The molecule has 2 N–H and O–H groups in total. The quantitative estimate of drug-likeness (QED) is 0.779. The van der Waals surface area contributed by atoms with Crippen LogP contribution in [0.2, 0.25) is 0 Å². The highest BCUT2D eigenvalue weighted by Crippen LogP contribution is 2.25. The third-order valence-corrected chi connectivity index (χ3v) is 2.94. The Morgan fingerprint density at radius 1 is 1.30 bits per heavy atom. The molecule has 3 heterocycles. The van der Waals surface area contributed by atoms with Crippen molar-refractivity contribution in [2.45, 2.75) is 12.1 Å². The Morgan fingerprint density at radius 3 is 2.70 bits per heavy atom. The van der Waals surface area contributed by atoms with Crippen LogP contribution in [0.1, 0.15) is 6.04 Å². The molecule has 0 saturated carbocycles. The Bertz CT molecular complexity index is 544. The second kappa shape index (κ2) is 6.78. The SMILES string of the molecule is O=CO.O[C@@H]1COC[C@@H]1n1ccnc1-c1ccccn1. The topological polar surface area (TPSA) is 97.5 Å². The molecule has 2 aromatic heterocycles. The van der Waals surface area contributed by atoms with E-state index in [0.717, 1.165) is 11.5 Å². The number of carbonyl (C=O) groups is 1. The van der Waals surface area contributed by atoms with Crippen LogP contribution in [-0.4, -0.2) is 50.5 Å². The number of rotatable bonds is 2. The van der Waals surface area contributed by atoms with Gasteiger partial charge in [-0.25, -0.2) is 4.98 Å². The van der Waals surface area contributed by atoms with E-state index < -0.39 is 6.10 Å². The van der Waals surface area contributed by atoms with Crippen LogP contribution in [0.25, 0.3) is 11.5 Å². The summed E-state index contributed by atoms with van der Waals surface area (Å²) >= 11 is 0. The summed E-state index contributed by atoms with van der Waals surface area (Å²) in [5, 5.41) is 16.7. The number of pyridine rings is 1. The number of aromatic nitrogens is 3. The van der Waals surface area contributed by atoms with Gasteiger partial charge < -0.3 is 19.5 Å². The molecule has 0 spiro atoms. The summed E-state index contributed by atoms with van der Waals surface area (Å²) in [5.41, 5.74) is 0.802. The zero-order valence-corrected chi connectivity index (χ0v) is 10.7. The molecule has 106 valence electrons. The maximum atomic E-state index is 9.84. The van der Waals surface area contributed by atoms with E-state index in [9.17, 15) is 5.11 Å². The molecule has 0 amide bonds. The van der Waals surface area contributed by atoms with Crippen molar-refractivity contribution in [3.63, 3.8) is 0 Å². The number of nitrogens with zero attached hydrogens (tertiary/aromatic N) is 3. The first kappa shape index (κ1) is 14.2. The molecule has 2 aromatic rings. The first-order valence-electron chi connectivity index (χ1n) is 6.05. The highest BCUT2D eigenvalue weighted by atomic mass is 16.5. The zero-order valence-electron chi connectivity index (χ0n) is 10.7. The minimum Gasteiger partial charge on any atom is -0.483 e. The largest absolute Gasteiger partial charge is 0.483 e. The molecule has 0 bridgehead atoms. The van der Waals surface area contributed by atoms with Crippen LogP contribution in [0.3, 0.4) is 0 Å². The van der Waals surface area contributed by atoms with Crippen LogP contribution in [0, 0.1) is 0 Å². The minimum absolute atomic E-state index is 0.0745. The van der Waals surface area contributed by atoms with Crippen LogP contribution in [0.5, 0.6) is 0 Å². The lowest BCUT2D eigenvalue weighted by molar-refractivity contribution is -0.122. The second-order valence-corrected chi connectivity index (χ2v) is 4.15. The van der Waals surface area contributed by atoms with E-state index in [0.29, 0.717) is 13.2 Å². The van der Waals surface area contributed by atoms with E-state index in [-0.39, 0.29) is 12.5 Å². The molecule has 7 heteroatoms. The fourth-order valence-electron chi connectivity index (χ4n) is 2.07. The summed E-state index contributed by atoms with van der Waals surface area (Å²) in [6.07, 6.45) is 4.82. The van der Waals surface area contributed by atoms with Crippen molar-refractivity contribution in [2.24, 2.45) is 0 Å². The Hall–Kier alpha value is -2.25. The van der Waals surface area contributed by atoms with E-state index in [1.54, 1.807) is 12.4 Å². The van der Waals surface area contributed by atoms with Crippen molar-refractivity contribution in [1.82, 2.24) is 14.5 Å². The van der Waals surface area contributed by atoms with Gasteiger partial charge in [0, 0.05) is 18.6 Å². The van der Waals surface area contributed by atoms with Gasteiger partial charge in [-0.2, -0.15) is 0 Å². The Kier molecular flexibility index (Phi) is 4.80. The number of imidazole rings is 1. The average molecular weight is 277 g/mol. The normalized spacial score (nSPS) is 21.1. The molecular formula is C13H15N3O4. The molecule has 0 aliphatic carbocycles. The molecule has 0 aromatic carbocycles. The van der Waals surface area contributed by atoms with Gasteiger partial charge >= 0.3 is 0 Å². The lowest BCUT2D eigenvalue weighted by Crippen LogP contribution is -2.22. The van der Waals surface area contributed by atoms with Gasteiger partial charge in [0.15, 0.2) is 5.82 Å². The third-order valence-electron chi connectivity index (χ3n) is 2.94. The van der Waals surface area contributed by atoms with Crippen molar-refractivity contribution in [2.75, 3.05) is 13.2 Å². The van der Waals surface area contributed by atoms with Gasteiger partial charge in [0.1, 0.15) is 11.8 Å². The predicted octanol–water partition coefficient (Wildman–Crippen LogP) is 0.578. The summed E-state index contributed by atoms with van der Waals surface area (Å²) in [5.74, 6) is 0.764. The number of hydrogen-bond acceptors (Lipinski definition) is 5. The van der Waals surface area contributed by atoms with Gasteiger partial charge in [-0.15, -0.1) is 0 Å². The van der Waals surface area contributed by atoms with Gasteiger partial charge in [-0.05, 0) is 12.1 Å². The molecule has 1 aliphatic rings.